The molecule has 9 heteroatoms. The van der Waals surface area contributed by atoms with E-state index in [0.29, 0.717) is 65.4 Å². The van der Waals surface area contributed by atoms with Crippen molar-refractivity contribution in [3.8, 4) is 0 Å². The molecule has 31 heavy (non-hydrogen) atoms. The van der Waals surface area contributed by atoms with Crippen LogP contribution in [-0.2, 0) is 22.5 Å². The number of aromatic nitrogens is 2. The standard InChI is InChI=1S/C22H21Cl2N3O3S/c23-16-6-5-15(18(24)13-16)7-8-27-21(29)17-3-1-2-4-19(17)25-22(27)31-14-20(28)26-9-11-30-12-10-26/h1-6,13H,7-12,14H2. The first kappa shape index (κ1) is 22.1. The Morgan fingerprint density at radius 3 is 2.68 bits per heavy atom. The third kappa shape index (κ3) is 5.23. The molecule has 4 rings (SSSR count). The van der Waals surface area contributed by atoms with Crippen LogP contribution in [0.15, 0.2) is 52.4 Å². The van der Waals surface area contributed by atoms with E-state index < -0.39 is 0 Å². The molecule has 3 aromatic rings. The van der Waals surface area contributed by atoms with Gasteiger partial charge in [0.15, 0.2) is 5.16 Å². The number of benzene rings is 2. The molecule has 1 aromatic heterocycles. The molecule has 0 radical (unpaired) electrons. The number of rotatable bonds is 6. The lowest BCUT2D eigenvalue weighted by Gasteiger charge is -2.26. The van der Waals surface area contributed by atoms with Gasteiger partial charge in [-0.15, -0.1) is 0 Å². The highest BCUT2D eigenvalue weighted by Gasteiger charge is 2.19. The van der Waals surface area contributed by atoms with Crippen molar-refractivity contribution in [3.63, 3.8) is 0 Å². The molecule has 0 bridgehead atoms. The summed E-state index contributed by atoms with van der Waals surface area (Å²) in [5.41, 5.74) is 1.39. The number of aryl methyl sites for hydroxylation is 1. The first-order chi connectivity index (χ1) is 15.0. The van der Waals surface area contributed by atoms with Gasteiger partial charge in [-0.25, -0.2) is 4.98 Å². The Hall–Kier alpha value is -2.06. The molecule has 0 atom stereocenters. The molecule has 2 heterocycles. The van der Waals surface area contributed by atoms with Crippen LogP contribution in [0, 0.1) is 0 Å². The fourth-order valence-corrected chi connectivity index (χ4v) is 4.87. The number of nitrogens with zero attached hydrogens (tertiary/aromatic N) is 3. The van der Waals surface area contributed by atoms with Gasteiger partial charge >= 0.3 is 0 Å². The zero-order valence-corrected chi connectivity index (χ0v) is 19.1. The first-order valence-corrected chi connectivity index (χ1v) is 11.7. The highest BCUT2D eigenvalue weighted by atomic mass is 35.5. The van der Waals surface area contributed by atoms with E-state index in [1.54, 1.807) is 27.7 Å². The van der Waals surface area contributed by atoms with Crippen molar-refractivity contribution < 1.29 is 9.53 Å². The van der Waals surface area contributed by atoms with Gasteiger partial charge in [-0.3, -0.25) is 14.2 Å². The van der Waals surface area contributed by atoms with Crippen molar-refractivity contribution in [2.45, 2.75) is 18.1 Å². The molecule has 1 fully saturated rings. The zero-order valence-electron chi connectivity index (χ0n) is 16.7. The average molecular weight is 478 g/mol. The molecule has 0 N–H and O–H groups in total. The van der Waals surface area contributed by atoms with Crippen LogP contribution >= 0.6 is 35.0 Å². The van der Waals surface area contributed by atoms with Crippen LogP contribution < -0.4 is 5.56 Å². The fraction of sp³-hybridized carbons (Fsp3) is 0.318. The number of amides is 1. The highest BCUT2D eigenvalue weighted by Crippen LogP contribution is 2.23. The number of morpholine rings is 1. The second-order valence-corrected chi connectivity index (χ2v) is 8.92. The maximum atomic E-state index is 13.2. The summed E-state index contributed by atoms with van der Waals surface area (Å²) in [5.74, 6) is 0.231. The van der Waals surface area contributed by atoms with E-state index in [2.05, 4.69) is 4.98 Å². The van der Waals surface area contributed by atoms with Gasteiger partial charge < -0.3 is 9.64 Å². The number of para-hydroxylation sites is 1. The van der Waals surface area contributed by atoms with E-state index >= 15 is 0 Å². The predicted molar refractivity (Wildman–Crippen MR) is 124 cm³/mol. The number of thioether (sulfide) groups is 1. The van der Waals surface area contributed by atoms with Crippen LogP contribution in [0.3, 0.4) is 0 Å². The lowest BCUT2D eigenvalue weighted by atomic mass is 10.1. The molecule has 162 valence electrons. The van der Waals surface area contributed by atoms with Gasteiger partial charge in [-0.1, -0.05) is 53.2 Å². The van der Waals surface area contributed by atoms with Crippen molar-refractivity contribution in [1.29, 1.82) is 0 Å². The van der Waals surface area contributed by atoms with E-state index in [0.717, 1.165) is 5.56 Å². The van der Waals surface area contributed by atoms with E-state index in [-0.39, 0.29) is 17.2 Å². The third-order valence-corrected chi connectivity index (χ3v) is 6.68. The van der Waals surface area contributed by atoms with Gasteiger partial charge in [0.1, 0.15) is 0 Å². The van der Waals surface area contributed by atoms with Gasteiger partial charge in [-0.05, 0) is 36.2 Å². The summed E-state index contributed by atoms with van der Waals surface area (Å²) >= 11 is 13.6. The maximum Gasteiger partial charge on any atom is 0.262 e. The van der Waals surface area contributed by atoms with Crippen LogP contribution in [0.2, 0.25) is 10.0 Å². The number of hydrogen-bond acceptors (Lipinski definition) is 5. The van der Waals surface area contributed by atoms with Crippen molar-refractivity contribution in [3.05, 3.63) is 68.4 Å². The Labute approximate surface area is 194 Å². The van der Waals surface area contributed by atoms with Crippen LogP contribution in [-0.4, -0.2) is 52.4 Å². The van der Waals surface area contributed by atoms with Gasteiger partial charge in [0, 0.05) is 29.7 Å². The molecule has 1 amide bonds. The molecule has 1 saturated heterocycles. The quantitative estimate of drug-likeness (QED) is 0.397. The van der Waals surface area contributed by atoms with Crippen LogP contribution in [0.4, 0.5) is 0 Å². The average Bonchev–Trinajstić information content (AvgIpc) is 2.78. The van der Waals surface area contributed by atoms with Crippen molar-refractivity contribution in [2.75, 3.05) is 32.1 Å². The lowest BCUT2D eigenvalue weighted by molar-refractivity contribution is -0.132. The normalized spacial score (nSPS) is 14.2. The van der Waals surface area contributed by atoms with Crippen molar-refractivity contribution in [2.24, 2.45) is 0 Å². The summed E-state index contributed by atoms with van der Waals surface area (Å²) < 4.78 is 6.94. The van der Waals surface area contributed by atoms with E-state index in [1.165, 1.54) is 11.8 Å². The van der Waals surface area contributed by atoms with Gasteiger partial charge in [0.05, 0.1) is 29.9 Å². The Morgan fingerprint density at radius 2 is 1.90 bits per heavy atom. The fourth-order valence-electron chi connectivity index (χ4n) is 3.44. The Kier molecular flexibility index (Phi) is 7.17. The minimum Gasteiger partial charge on any atom is -0.378 e. The molecule has 0 spiro atoms. The monoisotopic (exact) mass is 477 g/mol. The Bertz CT molecular complexity index is 1160. The Balaban J connectivity index is 1.59. The van der Waals surface area contributed by atoms with Crippen molar-refractivity contribution in [1.82, 2.24) is 14.5 Å². The van der Waals surface area contributed by atoms with Crippen molar-refractivity contribution >= 4 is 51.8 Å². The van der Waals surface area contributed by atoms with Crippen LogP contribution in [0.1, 0.15) is 5.56 Å². The number of carbonyl (C=O) groups is 1. The molecule has 1 aliphatic heterocycles. The number of ether oxygens (including phenoxy) is 1. The topological polar surface area (TPSA) is 64.4 Å². The summed E-state index contributed by atoms with van der Waals surface area (Å²) in [7, 11) is 0. The minimum absolute atomic E-state index is 0.0167. The smallest absolute Gasteiger partial charge is 0.262 e. The Morgan fingerprint density at radius 1 is 1.13 bits per heavy atom. The second kappa shape index (κ2) is 10.0. The highest BCUT2D eigenvalue weighted by molar-refractivity contribution is 7.99. The van der Waals surface area contributed by atoms with E-state index in [9.17, 15) is 9.59 Å². The molecular weight excluding hydrogens is 457 g/mol. The molecule has 6 nitrogen and oxygen atoms in total. The number of carbonyl (C=O) groups excluding carboxylic acids is 1. The van der Waals surface area contributed by atoms with Gasteiger partial charge in [0.2, 0.25) is 5.91 Å². The molecule has 0 aliphatic carbocycles. The number of hydrogen-bond donors (Lipinski definition) is 0. The summed E-state index contributed by atoms with van der Waals surface area (Å²) in [5, 5.41) is 2.20. The molecule has 2 aromatic carbocycles. The zero-order chi connectivity index (χ0) is 21.8. The predicted octanol–water partition coefficient (Wildman–Crippen LogP) is 3.90. The minimum atomic E-state index is -0.128. The summed E-state index contributed by atoms with van der Waals surface area (Å²) in [4.78, 5) is 32.3. The van der Waals surface area contributed by atoms with Gasteiger partial charge in [-0.2, -0.15) is 0 Å². The molecule has 1 aliphatic rings. The van der Waals surface area contributed by atoms with Crippen LogP contribution in [0.25, 0.3) is 10.9 Å². The second-order valence-electron chi connectivity index (χ2n) is 7.14. The number of fused-ring (bicyclic) bond motifs is 1. The third-order valence-electron chi connectivity index (χ3n) is 5.14. The summed E-state index contributed by atoms with van der Waals surface area (Å²) in [6.45, 7) is 2.68. The number of halogens is 2. The largest absolute Gasteiger partial charge is 0.378 e. The summed E-state index contributed by atoms with van der Waals surface area (Å²) in [6, 6.07) is 12.6. The van der Waals surface area contributed by atoms with Gasteiger partial charge in [0.25, 0.3) is 5.56 Å². The molecular formula is C22H21Cl2N3O3S. The van der Waals surface area contributed by atoms with E-state index in [4.69, 9.17) is 27.9 Å². The molecule has 0 saturated carbocycles. The van der Waals surface area contributed by atoms with E-state index in [1.807, 2.05) is 24.3 Å². The lowest BCUT2D eigenvalue weighted by Crippen LogP contribution is -2.41. The maximum absolute atomic E-state index is 13.2. The SMILES string of the molecule is O=C(CSc1nc2ccccc2c(=O)n1CCc1ccc(Cl)cc1Cl)N1CCOCC1. The van der Waals surface area contributed by atoms with Crippen LogP contribution in [0.5, 0.6) is 0 Å². The summed E-state index contributed by atoms with van der Waals surface area (Å²) in [6.07, 6.45) is 0.543. The molecule has 0 unspecified atom stereocenters. The first-order valence-electron chi connectivity index (χ1n) is 9.95.